The molecule has 4 N–H and O–H groups in total. The number of primary amides is 1. The molecule has 0 aliphatic heterocycles. The van der Waals surface area contributed by atoms with Crippen LogP contribution in [0.15, 0.2) is 0 Å². The van der Waals surface area contributed by atoms with Gasteiger partial charge in [-0.25, -0.2) is 4.79 Å². The van der Waals surface area contributed by atoms with Crippen LogP contribution in [0.3, 0.4) is 0 Å². The van der Waals surface area contributed by atoms with E-state index >= 15 is 0 Å². The maximum Gasteiger partial charge on any atom is 0.471 e. The van der Waals surface area contributed by atoms with E-state index in [1.165, 1.54) is 5.32 Å². The van der Waals surface area contributed by atoms with Crippen molar-refractivity contribution in [3.8, 4) is 0 Å². The lowest BCUT2D eigenvalue weighted by atomic mass is 9.95. The molecule has 0 saturated heterocycles. The number of amides is 2. The van der Waals surface area contributed by atoms with Crippen molar-refractivity contribution in [3.63, 3.8) is 0 Å². The summed E-state index contributed by atoms with van der Waals surface area (Å²) in [5.74, 6) is -4.94. The zero-order valence-corrected chi connectivity index (χ0v) is 8.80. The van der Waals surface area contributed by atoms with Crippen molar-refractivity contribution in [2.75, 3.05) is 0 Å². The molecule has 9 heteroatoms. The Morgan fingerprint density at radius 2 is 1.76 bits per heavy atom. The van der Waals surface area contributed by atoms with Gasteiger partial charge in [0.05, 0.1) is 0 Å². The molecular formula is C8H11F3N2O4. The predicted molar refractivity (Wildman–Crippen MR) is 48.7 cm³/mol. The summed E-state index contributed by atoms with van der Waals surface area (Å²) in [5.41, 5.74) is 2.56. The van der Waals surface area contributed by atoms with Crippen molar-refractivity contribution in [2.24, 2.45) is 5.73 Å². The van der Waals surface area contributed by atoms with Gasteiger partial charge in [-0.05, 0) is 13.3 Å². The minimum Gasteiger partial charge on any atom is -0.480 e. The lowest BCUT2D eigenvalue weighted by molar-refractivity contribution is -0.177. The Morgan fingerprint density at radius 1 is 1.29 bits per heavy atom. The zero-order valence-electron chi connectivity index (χ0n) is 8.80. The van der Waals surface area contributed by atoms with E-state index in [1.54, 1.807) is 0 Å². The topological polar surface area (TPSA) is 109 Å². The molecule has 0 radical (unpaired) electrons. The van der Waals surface area contributed by atoms with Gasteiger partial charge in [-0.15, -0.1) is 0 Å². The van der Waals surface area contributed by atoms with Gasteiger partial charge < -0.3 is 16.2 Å². The Labute approximate surface area is 94.0 Å². The molecule has 98 valence electrons. The van der Waals surface area contributed by atoms with E-state index in [0.717, 1.165) is 6.92 Å². The Hall–Kier alpha value is -1.80. The first-order chi connectivity index (χ1) is 7.49. The molecule has 17 heavy (non-hydrogen) atoms. The molecule has 0 aliphatic rings. The van der Waals surface area contributed by atoms with Crippen molar-refractivity contribution in [1.82, 2.24) is 5.32 Å². The highest BCUT2D eigenvalue weighted by molar-refractivity contribution is 5.89. The van der Waals surface area contributed by atoms with Crippen LogP contribution in [0.5, 0.6) is 0 Å². The molecule has 0 aromatic heterocycles. The Bertz CT molecular complexity index is 342. The normalized spacial score (nSPS) is 14.8. The number of nitrogens with two attached hydrogens (primary N) is 1. The highest BCUT2D eigenvalue weighted by atomic mass is 19.4. The smallest absolute Gasteiger partial charge is 0.471 e. The van der Waals surface area contributed by atoms with Gasteiger partial charge in [0.25, 0.3) is 0 Å². The first-order valence-corrected chi connectivity index (χ1v) is 4.40. The third-order valence-corrected chi connectivity index (χ3v) is 1.99. The lowest BCUT2D eigenvalue weighted by Gasteiger charge is -2.26. The second kappa shape index (κ2) is 5.02. The summed E-state index contributed by atoms with van der Waals surface area (Å²) >= 11 is 0. The number of carbonyl (C=O) groups is 3. The molecule has 0 heterocycles. The second-order valence-electron chi connectivity index (χ2n) is 3.56. The van der Waals surface area contributed by atoms with Gasteiger partial charge in [0.2, 0.25) is 5.91 Å². The fourth-order valence-electron chi connectivity index (χ4n) is 0.918. The molecule has 0 aromatic carbocycles. The highest BCUT2D eigenvalue weighted by Crippen LogP contribution is 2.19. The van der Waals surface area contributed by atoms with Gasteiger partial charge in [-0.2, -0.15) is 13.2 Å². The van der Waals surface area contributed by atoms with Crippen LogP contribution in [0.25, 0.3) is 0 Å². The number of hydrogen-bond donors (Lipinski definition) is 3. The van der Waals surface area contributed by atoms with E-state index in [0.29, 0.717) is 0 Å². The Balaban J connectivity index is 4.80. The first kappa shape index (κ1) is 15.2. The van der Waals surface area contributed by atoms with E-state index in [-0.39, 0.29) is 0 Å². The molecule has 0 spiro atoms. The number of carboxylic acid groups (broad SMARTS) is 1. The SMILES string of the molecule is C[C@@](CCC(N)=O)(NC(=O)C(F)(F)F)C(=O)O. The number of carboxylic acids is 1. The highest BCUT2D eigenvalue weighted by Gasteiger charge is 2.45. The summed E-state index contributed by atoms with van der Waals surface area (Å²) in [6, 6.07) is 0. The second-order valence-corrected chi connectivity index (χ2v) is 3.56. The molecule has 0 saturated carbocycles. The van der Waals surface area contributed by atoms with E-state index in [9.17, 15) is 27.6 Å². The number of aliphatic carboxylic acids is 1. The van der Waals surface area contributed by atoms with Crippen LogP contribution in [-0.2, 0) is 14.4 Å². The van der Waals surface area contributed by atoms with Crippen molar-refractivity contribution in [2.45, 2.75) is 31.5 Å². The maximum absolute atomic E-state index is 11.9. The largest absolute Gasteiger partial charge is 0.480 e. The zero-order chi connectivity index (χ0) is 13.9. The quantitative estimate of drug-likeness (QED) is 0.631. The van der Waals surface area contributed by atoms with Crippen molar-refractivity contribution in [1.29, 1.82) is 0 Å². The van der Waals surface area contributed by atoms with Crippen LogP contribution in [0.2, 0.25) is 0 Å². The van der Waals surface area contributed by atoms with Crippen LogP contribution in [0.4, 0.5) is 13.2 Å². The fraction of sp³-hybridized carbons (Fsp3) is 0.625. The molecule has 0 bridgehead atoms. The number of rotatable bonds is 5. The number of carbonyl (C=O) groups excluding carboxylic acids is 2. The predicted octanol–water partition coefficient (Wildman–Crippen LogP) is -0.226. The number of nitrogens with one attached hydrogen (secondary N) is 1. The molecule has 0 rings (SSSR count). The van der Waals surface area contributed by atoms with Crippen LogP contribution in [0, 0.1) is 0 Å². The number of alkyl halides is 3. The van der Waals surface area contributed by atoms with Gasteiger partial charge >= 0.3 is 18.1 Å². The summed E-state index contributed by atoms with van der Waals surface area (Å²) in [7, 11) is 0. The van der Waals surface area contributed by atoms with Gasteiger partial charge in [0, 0.05) is 6.42 Å². The van der Waals surface area contributed by atoms with Crippen molar-refractivity contribution >= 4 is 17.8 Å². The molecule has 0 aliphatic carbocycles. The average molecular weight is 256 g/mol. The Morgan fingerprint density at radius 3 is 2.06 bits per heavy atom. The Kier molecular flexibility index (Phi) is 4.49. The monoisotopic (exact) mass is 256 g/mol. The molecule has 1 atom stereocenters. The summed E-state index contributed by atoms with van der Waals surface area (Å²) < 4.78 is 35.8. The molecule has 2 amide bonds. The van der Waals surface area contributed by atoms with Gasteiger partial charge in [0.1, 0.15) is 5.54 Å². The minimum atomic E-state index is -5.19. The standard InChI is InChI=1S/C8H11F3N2O4/c1-7(6(16)17,3-2-4(12)14)13-5(15)8(9,10)11/h2-3H2,1H3,(H2,12,14)(H,13,15)(H,16,17)/t7-/m0/s1. The van der Waals surface area contributed by atoms with Gasteiger partial charge in [-0.3, -0.25) is 9.59 Å². The summed E-state index contributed by atoms with van der Waals surface area (Å²) in [6.07, 6.45) is -6.18. The van der Waals surface area contributed by atoms with Crippen LogP contribution < -0.4 is 11.1 Å². The number of hydrogen-bond acceptors (Lipinski definition) is 3. The molecule has 0 fully saturated rings. The van der Waals surface area contributed by atoms with E-state index < -0.39 is 42.3 Å². The first-order valence-electron chi connectivity index (χ1n) is 4.40. The molecule has 6 nitrogen and oxygen atoms in total. The summed E-state index contributed by atoms with van der Waals surface area (Å²) in [5, 5.41) is 10.0. The number of halogens is 3. The van der Waals surface area contributed by atoms with Gasteiger partial charge in [-0.1, -0.05) is 0 Å². The summed E-state index contributed by atoms with van der Waals surface area (Å²) in [4.78, 5) is 31.8. The maximum atomic E-state index is 11.9. The minimum absolute atomic E-state index is 0.457. The molecule has 0 aromatic rings. The van der Waals surface area contributed by atoms with Crippen molar-refractivity contribution < 1.29 is 32.7 Å². The average Bonchev–Trinajstić information content (AvgIpc) is 2.12. The van der Waals surface area contributed by atoms with Gasteiger partial charge in [0.15, 0.2) is 0 Å². The van der Waals surface area contributed by atoms with E-state index in [4.69, 9.17) is 10.8 Å². The molecular weight excluding hydrogens is 245 g/mol. The van der Waals surface area contributed by atoms with E-state index in [1.807, 2.05) is 0 Å². The lowest BCUT2D eigenvalue weighted by Crippen LogP contribution is -2.56. The fourth-order valence-corrected chi connectivity index (χ4v) is 0.918. The molecule has 0 unspecified atom stereocenters. The van der Waals surface area contributed by atoms with E-state index in [2.05, 4.69) is 0 Å². The van der Waals surface area contributed by atoms with Crippen LogP contribution >= 0.6 is 0 Å². The van der Waals surface area contributed by atoms with Crippen LogP contribution in [-0.4, -0.2) is 34.6 Å². The summed E-state index contributed by atoms with van der Waals surface area (Å²) in [6.45, 7) is 0.863. The van der Waals surface area contributed by atoms with Crippen molar-refractivity contribution in [3.05, 3.63) is 0 Å². The third kappa shape index (κ3) is 4.70. The third-order valence-electron chi connectivity index (χ3n) is 1.99. The van der Waals surface area contributed by atoms with Crippen LogP contribution in [0.1, 0.15) is 19.8 Å².